The zero-order chi connectivity index (χ0) is 70.1. The number of carboxylic acid groups (broad SMARTS) is 3. The molecule has 26 heteroatoms. The molecule has 6 aliphatic rings. The third kappa shape index (κ3) is 15.0. The Kier molecular flexibility index (Phi) is 21.3. The van der Waals surface area contributed by atoms with E-state index in [-0.39, 0.29) is 55.1 Å². The summed E-state index contributed by atoms with van der Waals surface area (Å²) >= 11 is 0. The zero-order valence-electron chi connectivity index (χ0n) is 56.6. The van der Waals surface area contributed by atoms with Crippen LogP contribution in [0.4, 0.5) is 4.79 Å². The Morgan fingerprint density at radius 1 is 0.598 bits per heavy atom. The summed E-state index contributed by atoms with van der Waals surface area (Å²) < 4.78 is 79.2. The fourth-order valence-corrected chi connectivity index (χ4v) is 16.8. The molecule has 0 spiro atoms. The number of hydrogen-bond donors (Lipinski definition) is 7. The number of hydrogen-bond acceptors (Lipinski definition) is 14. The van der Waals surface area contributed by atoms with Crippen LogP contribution in [0.1, 0.15) is 197 Å². The number of aliphatic carboxylic acids is 3. The van der Waals surface area contributed by atoms with E-state index in [9.17, 15) is 51.0 Å². The fraction of sp³-hybridized carbons (Fsp3) is 0.521. The van der Waals surface area contributed by atoms with Crippen molar-refractivity contribution in [2.75, 3.05) is 54.5 Å². The van der Waals surface area contributed by atoms with E-state index in [2.05, 4.69) is 23.9 Å². The number of benzene rings is 4. The van der Waals surface area contributed by atoms with Gasteiger partial charge in [0.05, 0.1) is 36.4 Å². The van der Waals surface area contributed by atoms with E-state index in [1.807, 2.05) is 48.5 Å². The number of carbonyl (C=O) groups excluding carboxylic acids is 3. The number of nitrogens with zero attached hydrogens (tertiary/aromatic N) is 4. The lowest BCUT2D eigenvalue weighted by Gasteiger charge is -2.24. The van der Waals surface area contributed by atoms with Crippen LogP contribution in [0.5, 0.6) is 11.5 Å². The first-order chi connectivity index (χ1) is 46.0. The summed E-state index contributed by atoms with van der Waals surface area (Å²) in [5, 5.41) is 33.0. The number of fused-ring (bicyclic) bond motifs is 14. The highest BCUT2D eigenvalue weighted by Crippen LogP contribution is 2.67. The van der Waals surface area contributed by atoms with Gasteiger partial charge in [-0.15, -0.1) is 0 Å². The molecular weight excluding hydrogens is 1280 g/mol. The first-order valence-electron chi connectivity index (χ1n) is 33.6. The molecule has 2 aromatic heterocycles. The summed E-state index contributed by atoms with van der Waals surface area (Å²) in [6.07, 6.45) is 13.7. The summed E-state index contributed by atoms with van der Waals surface area (Å²) in [6.45, 7) is 8.09. The number of aromatic nitrogens is 2. The molecule has 4 heterocycles. The van der Waals surface area contributed by atoms with Crippen LogP contribution >= 0.6 is 0 Å². The average molecular weight is 1380 g/mol. The molecule has 0 saturated heterocycles. The Morgan fingerprint density at radius 3 is 1.37 bits per heavy atom. The number of nitrogens with one attached hydrogen (secondary N) is 3. The number of rotatable bonds is 21. The molecule has 0 bridgehead atoms. The predicted molar refractivity (Wildman–Crippen MR) is 367 cm³/mol. The first kappa shape index (κ1) is 71.7. The van der Waals surface area contributed by atoms with Gasteiger partial charge in [-0.05, 0) is 186 Å². The van der Waals surface area contributed by atoms with Gasteiger partial charge in [-0.1, -0.05) is 50.7 Å². The second-order valence-corrected chi connectivity index (χ2v) is 31.4. The van der Waals surface area contributed by atoms with Crippen molar-refractivity contribution in [2.45, 2.75) is 173 Å². The highest BCUT2D eigenvalue weighted by molar-refractivity contribution is 7.88. The van der Waals surface area contributed by atoms with Crippen molar-refractivity contribution in [1.82, 2.24) is 32.5 Å². The van der Waals surface area contributed by atoms with Crippen LogP contribution in [0, 0.1) is 10.8 Å². The minimum atomic E-state index is -4.17. The standard InChI is InChI=1S/C37H48N4O8S.C32H40N4O6S.C2H4O2/c1-36(2,3)49-35(45)38-17-9-10-18-40(4)50(46,47)39-33(42)24-13-15-27-30(19-24)41-22-37(34(43)44)21-29(37)28-20-25(48-5)14-16-26(28)32(41)31(27)23-11-7-6-8-12-23;1-35(15-7-6-14-33)43(40,41)34-30(37)21-10-12-24-27(16-21)36-19-32(31(38)39)18-26(32)25-17-22(42-2)11-13-23(25)29(36)28(24)20-8-4-3-5-9-20;1-2(3)4/h13-16,19-20,23,29H,6-12,17-18,21-22H2,1-5H3,(H,38,45)(H,39,42)(H,43,44);10-13,16-17,20,26H,3-9,14-15,18-19,33H2,1-2H3,(H,34,37)(H,38,39);1H3,(H,3,4). The van der Waals surface area contributed by atoms with Crippen molar-refractivity contribution >= 4 is 78.0 Å². The molecule has 0 radical (unpaired) electrons. The molecule has 4 atom stereocenters. The van der Waals surface area contributed by atoms with Gasteiger partial charge in [-0.2, -0.15) is 25.4 Å². The topological polar surface area (TPSA) is 338 Å². The number of carboxylic acids is 3. The molecule has 3 amide bonds. The van der Waals surface area contributed by atoms with E-state index < -0.39 is 72.7 Å². The maximum atomic E-state index is 13.5. The molecule has 24 nitrogen and oxygen atoms in total. The summed E-state index contributed by atoms with van der Waals surface area (Å²) in [5.74, 6) is -2.36. The SMILES string of the molecule is CC(=O)O.COc1ccc2c(c1)C1CC1(C(=O)O)Cn1c-2c(C2CCCCC2)c2ccc(C(=O)NS(=O)(=O)N(C)CCCCN)cc21.COc1ccc2c(c1)C1CC1(C(=O)O)Cn1c-2c(C2CCCCC2)c2ccc(C(=O)NS(=O)(=O)N(C)CCCCNC(=O)OC(C)(C)C)cc21. The van der Waals surface area contributed by atoms with E-state index in [4.69, 9.17) is 29.8 Å². The average Bonchev–Trinajstić information content (AvgIpc) is 1.53. The van der Waals surface area contributed by atoms with Gasteiger partial charge >= 0.3 is 38.5 Å². The number of alkyl carbamates (subject to hydrolysis) is 1. The summed E-state index contributed by atoms with van der Waals surface area (Å²) in [4.78, 5) is 73.4. The van der Waals surface area contributed by atoms with Crippen molar-refractivity contribution in [3.05, 3.63) is 106 Å². The van der Waals surface area contributed by atoms with Crippen LogP contribution in [0.2, 0.25) is 0 Å². The Balaban J connectivity index is 0.000000202. The number of methoxy groups -OCH3 is 2. The molecule has 12 rings (SSSR count). The smallest absolute Gasteiger partial charge is 0.407 e. The lowest BCUT2D eigenvalue weighted by molar-refractivity contribution is -0.145. The third-order valence-electron chi connectivity index (χ3n) is 20.2. The molecule has 97 heavy (non-hydrogen) atoms. The highest BCUT2D eigenvalue weighted by Gasteiger charge is 2.64. The van der Waals surface area contributed by atoms with Crippen LogP contribution in [0.25, 0.3) is 44.3 Å². The van der Waals surface area contributed by atoms with Gasteiger partial charge in [0.2, 0.25) is 0 Å². The van der Waals surface area contributed by atoms with Crippen LogP contribution < -0.4 is 30.0 Å². The molecule has 6 aromatic rings. The maximum Gasteiger partial charge on any atom is 0.407 e. The van der Waals surface area contributed by atoms with Gasteiger partial charge in [0.15, 0.2) is 0 Å². The highest BCUT2D eigenvalue weighted by atomic mass is 32.2. The van der Waals surface area contributed by atoms with Crippen LogP contribution in [-0.4, -0.2) is 146 Å². The van der Waals surface area contributed by atoms with Gasteiger partial charge in [0.25, 0.3) is 17.8 Å². The van der Waals surface area contributed by atoms with Crippen molar-refractivity contribution in [1.29, 1.82) is 0 Å². The largest absolute Gasteiger partial charge is 0.497 e. The van der Waals surface area contributed by atoms with Gasteiger partial charge in [-0.3, -0.25) is 24.0 Å². The van der Waals surface area contributed by atoms with Crippen molar-refractivity contribution in [3.63, 3.8) is 0 Å². The van der Waals surface area contributed by atoms with Crippen LogP contribution in [0.15, 0.2) is 72.8 Å². The predicted octanol–water partition coefficient (Wildman–Crippen LogP) is 10.8. The van der Waals surface area contributed by atoms with Crippen molar-refractivity contribution < 1.29 is 75.1 Å². The Bertz CT molecular complexity index is 4260. The van der Waals surface area contributed by atoms with E-state index in [1.165, 1.54) is 38.1 Å². The van der Waals surface area contributed by atoms with E-state index in [0.29, 0.717) is 69.0 Å². The van der Waals surface area contributed by atoms with E-state index in [0.717, 1.165) is 122 Å². The molecule has 4 saturated carbocycles. The summed E-state index contributed by atoms with van der Waals surface area (Å²) in [5.41, 5.74) is 13.2. The monoisotopic (exact) mass is 1380 g/mol. The van der Waals surface area contributed by atoms with Crippen molar-refractivity contribution in [3.8, 4) is 34.0 Å². The molecule has 4 aromatic carbocycles. The van der Waals surface area contributed by atoms with E-state index >= 15 is 0 Å². The third-order valence-corrected chi connectivity index (χ3v) is 23.1. The lowest BCUT2D eigenvalue weighted by atomic mass is 9.81. The van der Waals surface area contributed by atoms with Gasteiger partial charge in [0.1, 0.15) is 17.1 Å². The fourth-order valence-electron chi connectivity index (χ4n) is 15.0. The lowest BCUT2D eigenvalue weighted by Crippen LogP contribution is -2.42. The Morgan fingerprint density at radius 2 is 1.00 bits per heavy atom. The molecule has 524 valence electrons. The first-order valence-corrected chi connectivity index (χ1v) is 36.5. The zero-order valence-corrected chi connectivity index (χ0v) is 58.3. The summed E-state index contributed by atoms with van der Waals surface area (Å²) in [6, 6.07) is 22.4. The number of nitrogens with two attached hydrogens (primary N) is 1. The van der Waals surface area contributed by atoms with Gasteiger partial charge in [-0.25, -0.2) is 14.2 Å². The Hall–Kier alpha value is -8.04. The number of ether oxygens (including phenoxy) is 3. The Labute approximate surface area is 566 Å². The second kappa shape index (κ2) is 28.8. The molecular formula is C71H92N8O16S2. The molecule has 4 unspecified atom stereocenters. The van der Waals surface area contributed by atoms with Gasteiger partial charge < -0.3 is 49.7 Å². The number of unbranched alkanes of at least 4 members (excludes halogenated alkanes) is 2. The summed E-state index contributed by atoms with van der Waals surface area (Å²) in [7, 11) is -2.16. The van der Waals surface area contributed by atoms with E-state index in [1.54, 1.807) is 59.3 Å². The molecule has 4 aliphatic carbocycles. The van der Waals surface area contributed by atoms with Crippen molar-refractivity contribution in [2.24, 2.45) is 16.6 Å². The minimum Gasteiger partial charge on any atom is -0.497 e. The molecule has 4 fully saturated rings. The van der Waals surface area contributed by atoms with Gasteiger partial charge in [0, 0.05) is 110 Å². The second-order valence-electron chi connectivity index (χ2n) is 27.8. The quantitative estimate of drug-likeness (QED) is 0.0329. The molecule has 2 aliphatic heterocycles. The minimum absolute atomic E-state index is 0.136. The maximum absolute atomic E-state index is 13.5. The number of carbonyl (C=O) groups is 6. The molecule has 8 N–H and O–H groups in total. The number of amides is 3. The van der Waals surface area contributed by atoms with Crippen LogP contribution in [0.3, 0.4) is 0 Å². The van der Waals surface area contributed by atoms with Crippen LogP contribution in [-0.2, 0) is 52.6 Å². The normalized spacial score (nSPS) is 20.3.